The summed E-state index contributed by atoms with van der Waals surface area (Å²) in [5.41, 5.74) is 3.07. The number of nitrogens with one attached hydrogen (secondary N) is 1. The molecule has 0 radical (unpaired) electrons. The summed E-state index contributed by atoms with van der Waals surface area (Å²) >= 11 is 0. The van der Waals surface area contributed by atoms with Crippen molar-refractivity contribution in [2.75, 3.05) is 11.9 Å². The van der Waals surface area contributed by atoms with E-state index in [2.05, 4.69) is 0 Å². The standard InChI is InChI=1S/C15H10F5N3O2/c16-14(17,15(18,19)20)6-23-11-9(12(24)13(11)25)10(22)8-3-1-7(5-21)2-4-8/h1-4,10,23H,6,22H2. The minimum Gasteiger partial charge on any atom is -0.375 e. The largest absolute Gasteiger partial charge is 0.455 e. The number of nitriles is 1. The van der Waals surface area contributed by atoms with E-state index in [0.717, 1.165) is 0 Å². The lowest BCUT2D eigenvalue weighted by Gasteiger charge is -2.23. The van der Waals surface area contributed by atoms with Gasteiger partial charge in [-0.3, -0.25) is 9.59 Å². The highest BCUT2D eigenvalue weighted by molar-refractivity contribution is 5.60. The van der Waals surface area contributed by atoms with Gasteiger partial charge in [-0.15, -0.1) is 0 Å². The molecule has 25 heavy (non-hydrogen) atoms. The zero-order valence-corrected chi connectivity index (χ0v) is 12.3. The van der Waals surface area contributed by atoms with Crippen LogP contribution in [0.15, 0.2) is 33.9 Å². The first kappa shape index (κ1) is 18.5. The number of hydrogen-bond acceptors (Lipinski definition) is 5. The van der Waals surface area contributed by atoms with Crippen LogP contribution in [0.3, 0.4) is 0 Å². The van der Waals surface area contributed by atoms with Crippen LogP contribution in [0.4, 0.5) is 27.6 Å². The van der Waals surface area contributed by atoms with Crippen molar-refractivity contribution in [2.45, 2.75) is 18.1 Å². The molecule has 1 atom stereocenters. The van der Waals surface area contributed by atoms with Crippen LogP contribution in [0.1, 0.15) is 22.7 Å². The van der Waals surface area contributed by atoms with E-state index in [9.17, 15) is 31.5 Å². The van der Waals surface area contributed by atoms with Crippen LogP contribution in [0.25, 0.3) is 0 Å². The minimum absolute atomic E-state index is 0.289. The van der Waals surface area contributed by atoms with Crippen LogP contribution in [0.5, 0.6) is 0 Å². The molecule has 0 amide bonds. The smallest absolute Gasteiger partial charge is 0.375 e. The molecule has 0 aliphatic carbocycles. The molecule has 5 nitrogen and oxygen atoms in total. The van der Waals surface area contributed by atoms with Crippen molar-refractivity contribution in [3.05, 3.63) is 61.4 Å². The van der Waals surface area contributed by atoms with Gasteiger partial charge < -0.3 is 11.1 Å². The van der Waals surface area contributed by atoms with Gasteiger partial charge in [-0.25, -0.2) is 0 Å². The third-order valence-electron chi connectivity index (χ3n) is 3.56. The first-order valence-corrected chi connectivity index (χ1v) is 6.77. The van der Waals surface area contributed by atoms with E-state index in [4.69, 9.17) is 11.0 Å². The molecule has 3 N–H and O–H groups in total. The molecule has 0 aromatic heterocycles. The van der Waals surface area contributed by atoms with Crippen LogP contribution in [0, 0.1) is 11.3 Å². The second kappa shape index (κ2) is 6.25. The molecule has 10 heteroatoms. The van der Waals surface area contributed by atoms with Gasteiger partial charge >= 0.3 is 12.1 Å². The van der Waals surface area contributed by atoms with E-state index < -0.39 is 41.2 Å². The van der Waals surface area contributed by atoms with Gasteiger partial charge in [0.2, 0.25) is 10.9 Å². The highest BCUT2D eigenvalue weighted by Gasteiger charge is 2.57. The Kier molecular flexibility index (Phi) is 4.64. The van der Waals surface area contributed by atoms with Crippen molar-refractivity contribution < 1.29 is 22.0 Å². The first-order chi connectivity index (χ1) is 11.5. The Morgan fingerprint density at radius 3 is 2.12 bits per heavy atom. The lowest BCUT2D eigenvalue weighted by molar-refractivity contribution is -0.275. The Morgan fingerprint density at radius 2 is 1.64 bits per heavy atom. The summed E-state index contributed by atoms with van der Waals surface area (Å²) < 4.78 is 62.4. The maximum Gasteiger partial charge on any atom is 0.455 e. The number of halogens is 5. The van der Waals surface area contributed by atoms with Crippen molar-refractivity contribution in [3.63, 3.8) is 0 Å². The average Bonchev–Trinajstić information content (AvgIpc) is 2.56. The molecule has 2 aromatic rings. The zero-order valence-electron chi connectivity index (χ0n) is 12.3. The van der Waals surface area contributed by atoms with Crippen molar-refractivity contribution >= 4 is 5.69 Å². The van der Waals surface area contributed by atoms with E-state index in [0.29, 0.717) is 5.56 Å². The van der Waals surface area contributed by atoms with Gasteiger partial charge in [-0.05, 0) is 17.7 Å². The lowest BCUT2D eigenvalue weighted by Crippen LogP contribution is -2.47. The molecule has 2 aromatic carbocycles. The highest BCUT2D eigenvalue weighted by atomic mass is 19.4. The number of anilines is 1. The number of rotatable bonds is 5. The van der Waals surface area contributed by atoms with Crippen LogP contribution < -0.4 is 21.9 Å². The summed E-state index contributed by atoms with van der Waals surface area (Å²) in [6.45, 7) is -1.89. The van der Waals surface area contributed by atoms with Gasteiger partial charge in [-0.1, -0.05) is 12.1 Å². The van der Waals surface area contributed by atoms with Crippen LogP contribution in [0.2, 0.25) is 0 Å². The lowest BCUT2D eigenvalue weighted by atomic mass is 9.93. The second-order valence-corrected chi connectivity index (χ2v) is 5.21. The van der Waals surface area contributed by atoms with E-state index in [1.807, 2.05) is 6.07 Å². The predicted molar refractivity (Wildman–Crippen MR) is 78.0 cm³/mol. The monoisotopic (exact) mass is 359 g/mol. The fourth-order valence-corrected chi connectivity index (χ4v) is 2.11. The Bertz CT molecular complexity index is 890. The van der Waals surface area contributed by atoms with Gasteiger partial charge in [0.15, 0.2) is 0 Å². The SMILES string of the molecule is N#Cc1ccc(C(N)c2c(NCC(F)(F)C(F)(F)F)c(=O)c2=O)cc1. The Labute approximate surface area is 137 Å². The van der Waals surface area contributed by atoms with E-state index in [-0.39, 0.29) is 11.1 Å². The summed E-state index contributed by atoms with van der Waals surface area (Å²) in [4.78, 5) is 23.1. The van der Waals surface area contributed by atoms with Gasteiger partial charge in [0, 0.05) is 0 Å². The number of benzene rings is 1. The summed E-state index contributed by atoms with van der Waals surface area (Å²) in [6.07, 6.45) is -5.80. The van der Waals surface area contributed by atoms with E-state index in [1.54, 1.807) is 5.32 Å². The average molecular weight is 359 g/mol. The third kappa shape index (κ3) is 3.36. The number of nitrogens with zero attached hydrogens (tertiary/aromatic N) is 1. The number of nitrogens with two attached hydrogens (primary N) is 1. The van der Waals surface area contributed by atoms with E-state index >= 15 is 0 Å². The molecule has 2 rings (SSSR count). The molecule has 0 bridgehead atoms. The molecule has 0 heterocycles. The number of alkyl halides is 5. The van der Waals surface area contributed by atoms with E-state index in [1.165, 1.54) is 24.3 Å². The molecule has 0 saturated heterocycles. The normalized spacial score (nSPS) is 13.5. The number of hydrogen-bond donors (Lipinski definition) is 2. The summed E-state index contributed by atoms with van der Waals surface area (Å²) in [6, 6.07) is 6.17. The van der Waals surface area contributed by atoms with Gasteiger partial charge in [0.25, 0.3) is 0 Å². The van der Waals surface area contributed by atoms with Crippen molar-refractivity contribution in [2.24, 2.45) is 5.73 Å². The van der Waals surface area contributed by atoms with Crippen molar-refractivity contribution in [1.29, 1.82) is 5.26 Å². The Morgan fingerprint density at radius 1 is 1.08 bits per heavy atom. The summed E-state index contributed by atoms with van der Waals surface area (Å²) in [7, 11) is 0. The molecule has 0 spiro atoms. The topological polar surface area (TPSA) is 96.0 Å². The third-order valence-corrected chi connectivity index (χ3v) is 3.56. The first-order valence-electron chi connectivity index (χ1n) is 6.77. The molecule has 0 aliphatic rings. The fraction of sp³-hybridized carbons (Fsp3) is 0.267. The molecule has 132 valence electrons. The Hall–Kier alpha value is -2.80. The van der Waals surface area contributed by atoms with Crippen LogP contribution in [-0.2, 0) is 0 Å². The van der Waals surface area contributed by atoms with Gasteiger partial charge in [-0.2, -0.15) is 27.2 Å². The molecule has 0 saturated carbocycles. The Balaban J connectivity index is 2.26. The summed E-state index contributed by atoms with van der Waals surface area (Å²) in [5, 5.41) is 10.4. The molecular weight excluding hydrogens is 349 g/mol. The van der Waals surface area contributed by atoms with Crippen LogP contribution in [-0.4, -0.2) is 18.6 Å². The van der Waals surface area contributed by atoms with Gasteiger partial charge in [0.05, 0.1) is 35.5 Å². The molecule has 1 unspecified atom stereocenters. The second-order valence-electron chi connectivity index (χ2n) is 5.21. The molecule has 0 aliphatic heterocycles. The van der Waals surface area contributed by atoms with Gasteiger partial charge in [0.1, 0.15) is 0 Å². The van der Waals surface area contributed by atoms with Crippen molar-refractivity contribution in [3.8, 4) is 6.07 Å². The molecular formula is C15H10F5N3O2. The quantitative estimate of drug-likeness (QED) is 0.627. The highest BCUT2D eigenvalue weighted by Crippen LogP contribution is 2.35. The maximum atomic E-state index is 12.9. The summed E-state index contributed by atoms with van der Waals surface area (Å²) in [5.74, 6) is -5.08. The zero-order chi connectivity index (χ0) is 19.0. The van der Waals surface area contributed by atoms with Crippen LogP contribution >= 0.6 is 0 Å². The minimum atomic E-state index is -5.80. The predicted octanol–water partition coefficient (Wildman–Crippen LogP) is 1.81. The fourth-order valence-electron chi connectivity index (χ4n) is 2.11. The van der Waals surface area contributed by atoms with Crippen molar-refractivity contribution in [1.82, 2.24) is 0 Å². The maximum absolute atomic E-state index is 12.9. The molecule has 0 fully saturated rings.